The summed E-state index contributed by atoms with van der Waals surface area (Å²) >= 11 is 0. The van der Waals surface area contributed by atoms with Crippen molar-refractivity contribution in [2.45, 2.75) is 6.92 Å². The summed E-state index contributed by atoms with van der Waals surface area (Å²) < 4.78 is 4.81. The highest BCUT2D eigenvalue weighted by Crippen LogP contribution is 2.34. The lowest BCUT2D eigenvalue weighted by molar-refractivity contribution is -0.138. The van der Waals surface area contributed by atoms with Crippen LogP contribution in [0.25, 0.3) is 0 Å². The van der Waals surface area contributed by atoms with Crippen LogP contribution < -0.4 is 5.73 Å². The lowest BCUT2D eigenvalue weighted by Gasteiger charge is -2.08. The number of carbonyl (C=O) groups is 1. The lowest BCUT2D eigenvalue weighted by Crippen LogP contribution is -1.98. The number of thiol groups is 1. The van der Waals surface area contributed by atoms with E-state index in [9.17, 15) is 4.79 Å². The molecule has 0 aromatic carbocycles. The first-order chi connectivity index (χ1) is 5.18. The average Bonchev–Trinajstić information content (AvgIpc) is 2.31. The molecule has 11 heavy (non-hydrogen) atoms. The van der Waals surface area contributed by atoms with Crippen molar-refractivity contribution in [3.05, 3.63) is 22.6 Å². The minimum absolute atomic E-state index is 0.236. The second kappa shape index (κ2) is 3.48. The van der Waals surface area contributed by atoms with Crippen LogP contribution in [0.2, 0.25) is 0 Å². The number of hydrogen-bond acceptors (Lipinski definition) is 3. The summed E-state index contributed by atoms with van der Waals surface area (Å²) in [6.45, 7) is 1.40. The highest BCUT2D eigenvalue weighted by atomic mass is 32.2. The maximum Gasteiger partial charge on any atom is 0.303 e. The molecule has 0 saturated carbocycles. The quantitative estimate of drug-likeness (QED) is 0.480. The summed E-state index contributed by atoms with van der Waals surface area (Å²) in [5, 5.41) is 3.91. The standard InChI is InChI=1S/C7H11NO2S/c1-6(9)10-5-11-3-2-7(8)4-11/h2-4,11H,5,8H2,1H3. The van der Waals surface area contributed by atoms with E-state index in [0.717, 1.165) is 5.70 Å². The minimum atomic E-state index is -0.428. The molecule has 0 aliphatic carbocycles. The third-order valence-corrected chi connectivity index (χ3v) is 2.78. The smallest absolute Gasteiger partial charge is 0.303 e. The molecule has 0 radical (unpaired) electrons. The molecule has 0 spiro atoms. The summed E-state index contributed by atoms with van der Waals surface area (Å²) in [4.78, 5) is 10.4. The number of hydrogen-bond donors (Lipinski definition) is 2. The zero-order valence-corrected chi connectivity index (χ0v) is 7.17. The SMILES string of the molecule is CC(=O)OC[SH]1C=CC(N)=C1. The van der Waals surface area contributed by atoms with Crippen LogP contribution in [0, 0.1) is 0 Å². The van der Waals surface area contributed by atoms with Crippen LogP contribution in [0.3, 0.4) is 0 Å². The number of nitrogens with two attached hydrogens (primary N) is 1. The average molecular weight is 173 g/mol. The second-order valence-electron chi connectivity index (χ2n) is 2.22. The molecule has 0 aromatic heterocycles. The normalized spacial score (nSPS) is 24.8. The van der Waals surface area contributed by atoms with Crippen molar-refractivity contribution < 1.29 is 9.53 Å². The molecule has 1 heterocycles. The molecule has 0 fully saturated rings. The van der Waals surface area contributed by atoms with Crippen molar-refractivity contribution in [3.8, 4) is 0 Å². The van der Waals surface area contributed by atoms with E-state index in [2.05, 4.69) is 0 Å². The van der Waals surface area contributed by atoms with Gasteiger partial charge in [-0.2, -0.15) is 10.9 Å². The molecular formula is C7H11NO2S. The van der Waals surface area contributed by atoms with Gasteiger partial charge in [-0.05, 0) is 16.9 Å². The van der Waals surface area contributed by atoms with Gasteiger partial charge in [0, 0.05) is 12.6 Å². The van der Waals surface area contributed by atoms with Crippen molar-refractivity contribution in [2.75, 3.05) is 5.94 Å². The molecule has 0 aromatic rings. The van der Waals surface area contributed by atoms with Crippen molar-refractivity contribution >= 4 is 16.9 Å². The van der Waals surface area contributed by atoms with Crippen molar-refractivity contribution in [3.63, 3.8) is 0 Å². The van der Waals surface area contributed by atoms with Crippen molar-refractivity contribution in [1.82, 2.24) is 0 Å². The molecule has 62 valence electrons. The Hall–Kier alpha value is -0.900. The Morgan fingerprint density at radius 3 is 3.00 bits per heavy atom. The van der Waals surface area contributed by atoms with E-state index in [1.54, 1.807) is 0 Å². The zero-order chi connectivity index (χ0) is 8.27. The molecule has 1 unspecified atom stereocenters. The summed E-state index contributed by atoms with van der Waals surface area (Å²) in [6.07, 6.45) is 1.84. The molecule has 3 nitrogen and oxygen atoms in total. The second-order valence-corrected chi connectivity index (χ2v) is 4.07. The lowest BCUT2D eigenvalue weighted by atomic mass is 10.5. The maximum atomic E-state index is 10.4. The summed E-state index contributed by atoms with van der Waals surface area (Å²) in [5.41, 5.74) is 6.25. The van der Waals surface area contributed by atoms with E-state index in [4.69, 9.17) is 10.5 Å². The van der Waals surface area contributed by atoms with E-state index in [1.165, 1.54) is 6.92 Å². The van der Waals surface area contributed by atoms with Gasteiger partial charge in [-0.25, -0.2) is 0 Å². The third kappa shape index (κ3) is 2.67. The van der Waals surface area contributed by atoms with Crippen LogP contribution in [0.15, 0.2) is 22.6 Å². The maximum absolute atomic E-state index is 10.4. The Morgan fingerprint density at radius 2 is 2.55 bits per heavy atom. The first-order valence-electron chi connectivity index (χ1n) is 3.23. The Balaban J connectivity index is 2.30. The van der Waals surface area contributed by atoms with Gasteiger partial charge >= 0.3 is 5.97 Å². The first-order valence-corrected chi connectivity index (χ1v) is 4.89. The fraction of sp³-hybridized carbons (Fsp3) is 0.286. The molecule has 1 atom stereocenters. The van der Waals surface area contributed by atoms with Gasteiger partial charge in [-0.3, -0.25) is 4.79 Å². The summed E-state index contributed by atoms with van der Waals surface area (Å²) in [6, 6.07) is 0. The van der Waals surface area contributed by atoms with E-state index in [0.29, 0.717) is 5.94 Å². The van der Waals surface area contributed by atoms with E-state index >= 15 is 0 Å². The minimum Gasteiger partial charge on any atom is -0.456 e. The van der Waals surface area contributed by atoms with Crippen LogP contribution in [0.5, 0.6) is 0 Å². The fourth-order valence-corrected chi connectivity index (χ4v) is 2.12. The van der Waals surface area contributed by atoms with Crippen LogP contribution >= 0.6 is 10.9 Å². The number of esters is 1. The van der Waals surface area contributed by atoms with Crippen LogP contribution in [-0.4, -0.2) is 11.9 Å². The van der Waals surface area contributed by atoms with Gasteiger partial charge < -0.3 is 10.5 Å². The van der Waals surface area contributed by atoms with E-state index < -0.39 is 10.9 Å². The largest absolute Gasteiger partial charge is 0.456 e. The molecule has 0 amide bonds. The predicted octanol–water partition coefficient (Wildman–Crippen LogP) is 0.836. The van der Waals surface area contributed by atoms with Gasteiger partial charge in [-0.1, -0.05) is 0 Å². The van der Waals surface area contributed by atoms with Crippen LogP contribution in [0.1, 0.15) is 6.92 Å². The Morgan fingerprint density at radius 1 is 1.82 bits per heavy atom. The Bertz CT molecular complexity index is 222. The van der Waals surface area contributed by atoms with Gasteiger partial charge in [-0.15, -0.1) is 0 Å². The van der Waals surface area contributed by atoms with Gasteiger partial charge in [0.15, 0.2) is 0 Å². The highest BCUT2D eigenvalue weighted by Gasteiger charge is 2.04. The van der Waals surface area contributed by atoms with Crippen molar-refractivity contribution in [1.29, 1.82) is 0 Å². The molecule has 2 N–H and O–H groups in total. The summed E-state index contributed by atoms with van der Waals surface area (Å²) in [7, 11) is -0.428. The number of ether oxygens (including phenoxy) is 1. The molecule has 0 bridgehead atoms. The van der Waals surface area contributed by atoms with Gasteiger partial charge in [0.1, 0.15) is 5.94 Å². The van der Waals surface area contributed by atoms with E-state index in [1.807, 2.05) is 16.9 Å². The molecular weight excluding hydrogens is 162 g/mol. The van der Waals surface area contributed by atoms with Crippen LogP contribution in [-0.2, 0) is 9.53 Å². The Labute approximate surface area is 68.2 Å². The molecule has 1 rings (SSSR count). The number of rotatable bonds is 2. The molecule has 0 saturated heterocycles. The monoisotopic (exact) mass is 173 g/mol. The summed E-state index contributed by atoms with van der Waals surface area (Å²) in [5.74, 6) is 0.224. The molecule has 4 heteroatoms. The number of carbonyl (C=O) groups excluding carboxylic acids is 1. The van der Waals surface area contributed by atoms with Gasteiger partial charge in [0.25, 0.3) is 0 Å². The third-order valence-electron chi connectivity index (χ3n) is 1.19. The first kappa shape index (κ1) is 8.20. The van der Waals surface area contributed by atoms with Gasteiger partial charge in [0.05, 0.1) is 0 Å². The molecule has 1 aliphatic heterocycles. The van der Waals surface area contributed by atoms with Gasteiger partial charge in [0.2, 0.25) is 0 Å². The van der Waals surface area contributed by atoms with Crippen LogP contribution in [0.4, 0.5) is 0 Å². The van der Waals surface area contributed by atoms with Crippen molar-refractivity contribution in [2.24, 2.45) is 5.73 Å². The Kier molecular flexibility index (Phi) is 2.59. The topological polar surface area (TPSA) is 52.3 Å². The zero-order valence-electron chi connectivity index (χ0n) is 6.28. The predicted molar refractivity (Wildman–Crippen MR) is 47.0 cm³/mol. The number of allylic oxidation sites excluding steroid dienone is 1. The highest BCUT2D eigenvalue weighted by molar-refractivity contribution is 8.22. The fourth-order valence-electron chi connectivity index (χ4n) is 0.705. The van der Waals surface area contributed by atoms with E-state index in [-0.39, 0.29) is 5.97 Å². The molecule has 1 aliphatic rings.